The quantitative estimate of drug-likeness (QED) is 0.286. The minimum atomic E-state index is -1.05. The number of hydrogen-bond donors (Lipinski definition) is 1. The Morgan fingerprint density at radius 2 is 1.74 bits per heavy atom. The van der Waals surface area contributed by atoms with E-state index in [0.717, 1.165) is 25.7 Å². The van der Waals surface area contributed by atoms with Crippen molar-refractivity contribution >= 4 is 11.9 Å². The maximum atomic E-state index is 11.8. The highest BCUT2D eigenvalue weighted by atomic mass is 16.6. The molecule has 0 fully saturated rings. The van der Waals surface area contributed by atoms with Crippen molar-refractivity contribution in [2.75, 3.05) is 13.2 Å². The van der Waals surface area contributed by atoms with Crippen molar-refractivity contribution in [1.29, 1.82) is 0 Å². The molecule has 110 valence electrons. The number of unbranched alkanes of at least 4 members (excludes halogenated alkanes) is 2. The third-order valence-corrected chi connectivity index (χ3v) is 2.39. The Hall–Kier alpha value is -1.36. The molecular formula is C14H25NO4. The molecular weight excluding hydrogens is 246 g/mol. The third-order valence-electron chi connectivity index (χ3n) is 2.39. The maximum Gasteiger partial charge on any atom is 0.356 e. The Bertz CT molecular complexity index is 302. The molecule has 0 aromatic rings. The molecule has 0 spiro atoms. The predicted octanol–water partition coefficient (Wildman–Crippen LogP) is 2.16. The Kier molecular flexibility index (Phi) is 9.80. The molecule has 0 aliphatic rings. The van der Waals surface area contributed by atoms with E-state index in [1.165, 1.54) is 0 Å². The van der Waals surface area contributed by atoms with Crippen molar-refractivity contribution in [3.63, 3.8) is 0 Å². The Balaban J connectivity index is 4.34. The zero-order valence-corrected chi connectivity index (χ0v) is 12.2. The molecule has 0 aromatic heterocycles. The molecule has 1 atom stereocenters. The monoisotopic (exact) mass is 271 g/mol. The van der Waals surface area contributed by atoms with Crippen molar-refractivity contribution in [2.45, 2.75) is 52.7 Å². The average molecular weight is 271 g/mol. The summed E-state index contributed by atoms with van der Waals surface area (Å²) in [5, 5.41) is 2.47. The number of nitrogens with one attached hydrogen (secondary N) is 1. The van der Waals surface area contributed by atoms with Gasteiger partial charge in [-0.3, -0.25) is 4.79 Å². The first-order valence-electron chi connectivity index (χ1n) is 6.77. The van der Waals surface area contributed by atoms with Gasteiger partial charge in [-0.2, -0.15) is 0 Å². The van der Waals surface area contributed by atoms with E-state index in [1.807, 2.05) is 13.8 Å². The summed E-state index contributed by atoms with van der Waals surface area (Å²) < 4.78 is 10.4. The van der Waals surface area contributed by atoms with Crippen LogP contribution in [0.4, 0.5) is 0 Å². The highest BCUT2D eigenvalue weighted by molar-refractivity contribution is 5.94. The van der Waals surface area contributed by atoms with Crippen molar-refractivity contribution in [1.82, 2.24) is 5.32 Å². The summed E-state index contributed by atoms with van der Waals surface area (Å²) in [4.78, 5) is 23.3. The zero-order valence-electron chi connectivity index (χ0n) is 12.2. The van der Waals surface area contributed by atoms with Crippen LogP contribution in [0.15, 0.2) is 12.2 Å². The van der Waals surface area contributed by atoms with E-state index in [9.17, 15) is 9.59 Å². The first-order valence-corrected chi connectivity index (χ1v) is 6.77. The van der Waals surface area contributed by atoms with Gasteiger partial charge >= 0.3 is 5.97 Å². The van der Waals surface area contributed by atoms with E-state index < -0.39 is 18.1 Å². The van der Waals surface area contributed by atoms with Gasteiger partial charge in [0.15, 0.2) is 0 Å². The lowest BCUT2D eigenvalue weighted by molar-refractivity contribution is -0.161. The van der Waals surface area contributed by atoms with Gasteiger partial charge in [-0.05, 0) is 19.8 Å². The Morgan fingerprint density at radius 1 is 1.16 bits per heavy atom. The van der Waals surface area contributed by atoms with Gasteiger partial charge in [0.2, 0.25) is 12.1 Å². The fourth-order valence-electron chi connectivity index (χ4n) is 1.15. The van der Waals surface area contributed by atoms with E-state index in [2.05, 4.69) is 11.9 Å². The molecule has 0 rings (SSSR count). The molecule has 0 heterocycles. The summed E-state index contributed by atoms with van der Waals surface area (Å²) in [5.74, 6) is -0.965. The highest BCUT2D eigenvalue weighted by Crippen LogP contribution is 2.00. The first kappa shape index (κ1) is 17.6. The second kappa shape index (κ2) is 10.6. The van der Waals surface area contributed by atoms with Crippen LogP contribution in [0.3, 0.4) is 0 Å². The molecule has 0 bridgehead atoms. The number of hydrogen-bond acceptors (Lipinski definition) is 4. The van der Waals surface area contributed by atoms with Gasteiger partial charge in [-0.15, -0.1) is 0 Å². The number of ether oxygens (including phenoxy) is 2. The lowest BCUT2D eigenvalue weighted by Gasteiger charge is -2.18. The standard InChI is InChI=1S/C14H25NO4/c1-5-7-9-18-13(15-12(16)11(3)4)14(17)19-10-8-6-2/h13H,3,5-10H2,1-2,4H3,(H,15,16). The molecule has 0 saturated carbocycles. The Morgan fingerprint density at radius 3 is 2.26 bits per heavy atom. The average Bonchev–Trinajstić information content (AvgIpc) is 2.37. The van der Waals surface area contributed by atoms with E-state index in [4.69, 9.17) is 9.47 Å². The molecule has 5 heteroatoms. The van der Waals surface area contributed by atoms with E-state index in [1.54, 1.807) is 6.92 Å². The van der Waals surface area contributed by atoms with Crippen molar-refractivity contribution in [2.24, 2.45) is 0 Å². The number of carbonyl (C=O) groups excluding carboxylic acids is 2. The summed E-state index contributed by atoms with van der Waals surface area (Å²) in [6.45, 7) is 9.86. The Labute approximate surface area is 115 Å². The third kappa shape index (κ3) is 8.37. The number of amides is 1. The van der Waals surface area contributed by atoms with Crippen molar-refractivity contribution < 1.29 is 19.1 Å². The van der Waals surface area contributed by atoms with Crippen LogP contribution in [0.1, 0.15) is 46.5 Å². The minimum Gasteiger partial charge on any atom is -0.462 e. The van der Waals surface area contributed by atoms with Crippen LogP contribution in [0.25, 0.3) is 0 Å². The molecule has 0 aromatic carbocycles. The van der Waals surface area contributed by atoms with Crippen LogP contribution >= 0.6 is 0 Å². The fourth-order valence-corrected chi connectivity index (χ4v) is 1.15. The molecule has 1 amide bonds. The van der Waals surface area contributed by atoms with Crippen LogP contribution in [0.5, 0.6) is 0 Å². The molecule has 0 saturated heterocycles. The lowest BCUT2D eigenvalue weighted by atomic mass is 10.3. The second-order valence-corrected chi connectivity index (χ2v) is 4.38. The van der Waals surface area contributed by atoms with Crippen molar-refractivity contribution in [3.8, 4) is 0 Å². The first-order chi connectivity index (χ1) is 9.02. The summed E-state index contributed by atoms with van der Waals surface area (Å²) in [6, 6.07) is 0. The summed E-state index contributed by atoms with van der Waals surface area (Å²) >= 11 is 0. The van der Waals surface area contributed by atoms with Gasteiger partial charge in [0.25, 0.3) is 0 Å². The van der Waals surface area contributed by atoms with E-state index in [-0.39, 0.29) is 0 Å². The van der Waals surface area contributed by atoms with Gasteiger partial charge in [0.1, 0.15) is 0 Å². The van der Waals surface area contributed by atoms with E-state index >= 15 is 0 Å². The van der Waals surface area contributed by atoms with E-state index in [0.29, 0.717) is 18.8 Å². The lowest BCUT2D eigenvalue weighted by Crippen LogP contribution is -2.44. The minimum absolute atomic E-state index is 0.324. The molecule has 0 radical (unpaired) electrons. The number of esters is 1. The number of rotatable bonds is 10. The largest absolute Gasteiger partial charge is 0.462 e. The van der Waals surface area contributed by atoms with Gasteiger partial charge in [0, 0.05) is 12.2 Å². The van der Waals surface area contributed by atoms with Crippen LogP contribution in [0, 0.1) is 0 Å². The molecule has 19 heavy (non-hydrogen) atoms. The highest BCUT2D eigenvalue weighted by Gasteiger charge is 2.22. The molecule has 5 nitrogen and oxygen atoms in total. The fraction of sp³-hybridized carbons (Fsp3) is 0.714. The summed E-state index contributed by atoms with van der Waals surface area (Å²) in [7, 11) is 0. The maximum absolute atomic E-state index is 11.8. The van der Waals surface area contributed by atoms with Crippen LogP contribution < -0.4 is 5.32 Å². The summed E-state index contributed by atoms with van der Waals surface area (Å²) in [6.07, 6.45) is 2.45. The zero-order chi connectivity index (χ0) is 14.7. The van der Waals surface area contributed by atoms with Gasteiger partial charge in [-0.25, -0.2) is 4.79 Å². The van der Waals surface area contributed by atoms with Crippen LogP contribution in [-0.2, 0) is 19.1 Å². The normalized spacial score (nSPS) is 11.7. The number of carbonyl (C=O) groups is 2. The smallest absolute Gasteiger partial charge is 0.356 e. The molecule has 1 N–H and O–H groups in total. The van der Waals surface area contributed by atoms with Gasteiger partial charge < -0.3 is 14.8 Å². The SMILES string of the molecule is C=C(C)C(=O)NC(OCCCC)C(=O)OCCCC. The molecule has 1 unspecified atom stereocenters. The van der Waals surface area contributed by atoms with Crippen molar-refractivity contribution in [3.05, 3.63) is 12.2 Å². The summed E-state index contributed by atoms with van der Waals surface area (Å²) in [5.41, 5.74) is 0.324. The van der Waals surface area contributed by atoms with Gasteiger partial charge in [-0.1, -0.05) is 33.3 Å². The predicted molar refractivity (Wildman–Crippen MR) is 73.5 cm³/mol. The molecule has 0 aliphatic carbocycles. The van der Waals surface area contributed by atoms with Crippen LogP contribution in [-0.4, -0.2) is 31.3 Å². The van der Waals surface area contributed by atoms with Gasteiger partial charge in [0.05, 0.1) is 6.61 Å². The second-order valence-electron chi connectivity index (χ2n) is 4.38. The molecule has 0 aliphatic heterocycles. The topological polar surface area (TPSA) is 64.6 Å². The van der Waals surface area contributed by atoms with Crippen LogP contribution in [0.2, 0.25) is 0 Å².